The average Bonchev–Trinajstić information content (AvgIpc) is 2.81. The summed E-state index contributed by atoms with van der Waals surface area (Å²) in [6.45, 7) is 16.5. The van der Waals surface area contributed by atoms with Crippen molar-refractivity contribution in [3.8, 4) is 11.5 Å². The third-order valence-electron chi connectivity index (χ3n) is 5.19. The van der Waals surface area contributed by atoms with E-state index in [2.05, 4.69) is 0 Å². The Labute approximate surface area is 236 Å². The van der Waals surface area contributed by atoms with E-state index in [1.807, 2.05) is 41.5 Å². The van der Waals surface area contributed by atoms with E-state index in [4.69, 9.17) is 34.2 Å². The van der Waals surface area contributed by atoms with Gasteiger partial charge in [-0.05, 0) is 35.4 Å². The van der Waals surface area contributed by atoms with Gasteiger partial charge >= 0.3 is 24.2 Å². The molecule has 0 spiro atoms. The van der Waals surface area contributed by atoms with Gasteiger partial charge < -0.3 is 34.2 Å². The monoisotopic (exact) mass is 567 g/mol. The standard InChI is InChI=1S/C29H45NO10/c1-18(2)23(31)38-19(3)14-29(30,24(32)35-10)15-20-11-12-21(39-25(33)36-16-27(4,5)6)22(13-20)40-26(34)37-17-28(7,8)9/h11-13,18-19H,14-17,30H2,1-10H3/t19-,29?/m0/s1. The number of ether oxygens (including phenoxy) is 6. The zero-order chi connectivity index (χ0) is 30.9. The number of esters is 2. The molecule has 0 heterocycles. The van der Waals surface area contributed by atoms with Gasteiger partial charge in [0, 0.05) is 12.8 Å². The van der Waals surface area contributed by atoms with Gasteiger partial charge in [-0.1, -0.05) is 61.5 Å². The molecule has 11 heteroatoms. The van der Waals surface area contributed by atoms with Crippen molar-refractivity contribution in [3.05, 3.63) is 23.8 Å². The maximum atomic E-state index is 12.7. The van der Waals surface area contributed by atoms with Gasteiger partial charge in [0.1, 0.15) is 11.6 Å². The SMILES string of the molecule is COC(=O)C(N)(Cc1ccc(OC(=O)OCC(C)(C)C)c(OC(=O)OCC(C)(C)C)c1)C[C@H](C)OC(=O)C(C)C. The summed E-state index contributed by atoms with van der Waals surface area (Å²) >= 11 is 0. The maximum absolute atomic E-state index is 12.7. The highest BCUT2D eigenvalue weighted by molar-refractivity contribution is 5.81. The summed E-state index contributed by atoms with van der Waals surface area (Å²) in [5.74, 6) is -1.75. The van der Waals surface area contributed by atoms with Crippen molar-refractivity contribution >= 4 is 24.2 Å². The summed E-state index contributed by atoms with van der Waals surface area (Å²) in [7, 11) is 1.20. The van der Waals surface area contributed by atoms with Crippen LogP contribution in [0.1, 0.15) is 74.3 Å². The predicted molar refractivity (Wildman–Crippen MR) is 147 cm³/mol. The fraction of sp³-hybridized carbons (Fsp3) is 0.655. The van der Waals surface area contributed by atoms with Gasteiger partial charge in [0.15, 0.2) is 11.5 Å². The smallest absolute Gasteiger partial charge is 0.468 e. The van der Waals surface area contributed by atoms with Gasteiger partial charge in [-0.3, -0.25) is 9.59 Å². The molecule has 0 radical (unpaired) electrons. The van der Waals surface area contributed by atoms with Crippen LogP contribution in [0.3, 0.4) is 0 Å². The van der Waals surface area contributed by atoms with Crippen LogP contribution in [0.4, 0.5) is 9.59 Å². The van der Waals surface area contributed by atoms with E-state index in [9.17, 15) is 19.2 Å². The Morgan fingerprint density at radius 2 is 1.32 bits per heavy atom. The molecule has 11 nitrogen and oxygen atoms in total. The molecule has 1 rings (SSSR count). The lowest BCUT2D eigenvalue weighted by atomic mass is 9.86. The third kappa shape index (κ3) is 12.7. The second-order valence-corrected chi connectivity index (χ2v) is 12.6. The quantitative estimate of drug-likeness (QED) is 0.213. The van der Waals surface area contributed by atoms with Gasteiger partial charge in [0.25, 0.3) is 0 Å². The number of methoxy groups -OCH3 is 1. The molecular formula is C29H45NO10. The number of carbonyl (C=O) groups is 4. The minimum Gasteiger partial charge on any atom is -0.468 e. The minimum atomic E-state index is -1.59. The minimum absolute atomic E-state index is 0.0423. The molecule has 0 aromatic heterocycles. The van der Waals surface area contributed by atoms with Crippen molar-refractivity contribution in [2.45, 2.75) is 86.8 Å². The molecule has 1 unspecified atom stereocenters. The molecule has 0 fully saturated rings. The number of rotatable bonds is 11. The first-order valence-electron chi connectivity index (χ1n) is 13.1. The molecule has 40 heavy (non-hydrogen) atoms. The van der Waals surface area contributed by atoms with Gasteiger partial charge in [0.2, 0.25) is 0 Å². The molecule has 0 aliphatic carbocycles. The number of nitrogens with two attached hydrogens (primary N) is 1. The highest BCUT2D eigenvalue weighted by Crippen LogP contribution is 2.32. The van der Waals surface area contributed by atoms with Crippen LogP contribution >= 0.6 is 0 Å². The Morgan fingerprint density at radius 1 is 0.825 bits per heavy atom. The van der Waals surface area contributed by atoms with Crippen LogP contribution in [0.5, 0.6) is 11.5 Å². The van der Waals surface area contributed by atoms with Crippen molar-refractivity contribution in [2.75, 3.05) is 20.3 Å². The molecule has 0 amide bonds. The highest BCUT2D eigenvalue weighted by atomic mass is 16.7. The highest BCUT2D eigenvalue weighted by Gasteiger charge is 2.38. The summed E-state index contributed by atoms with van der Waals surface area (Å²) in [6, 6.07) is 4.34. The van der Waals surface area contributed by atoms with Crippen molar-refractivity contribution in [1.29, 1.82) is 0 Å². The molecule has 1 aromatic rings. The van der Waals surface area contributed by atoms with E-state index in [1.165, 1.54) is 19.2 Å². The van der Waals surface area contributed by atoms with Crippen molar-refractivity contribution in [3.63, 3.8) is 0 Å². The second kappa shape index (κ2) is 14.3. The summed E-state index contributed by atoms with van der Waals surface area (Å²) in [6.07, 6.45) is -2.81. The van der Waals surface area contributed by atoms with Crippen LogP contribution in [-0.2, 0) is 35.0 Å². The zero-order valence-electron chi connectivity index (χ0n) is 25.4. The number of carbonyl (C=O) groups excluding carboxylic acids is 4. The van der Waals surface area contributed by atoms with Crippen molar-refractivity contribution < 1.29 is 47.6 Å². The van der Waals surface area contributed by atoms with Crippen LogP contribution in [0, 0.1) is 16.7 Å². The molecule has 0 aliphatic heterocycles. The number of hydrogen-bond acceptors (Lipinski definition) is 11. The predicted octanol–water partition coefficient (Wildman–Crippen LogP) is 5.20. The van der Waals surface area contributed by atoms with Gasteiger partial charge in [0.05, 0.1) is 26.2 Å². The Bertz CT molecular complexity index is 1040. The summed E-state index contributed by atoms with van der Waals surface area (Å²) in [4.78, 5) is 49.5. The first-order chi connectivity index (χ1) is 18.2. The van der Waals surface area contributed by atoms with E-state index < -0.39 is 35.9 Å². The van der Waals surface area contributed by atoms with Crippen molar-refractivity contribution in [2.24, 2.45) is 22.5 Å². The Morgan fingerprint density at radius 3 is 1.77 bits per heavy atom. The van der Waals surface area contributed by atoms with Crippen LogP contribution in [0.2, 0.25) is 0 Å². The lowest BCUT2D eigenvalue weighted by molar-refractivity contribution is -0.157. The second-order valence-electron chi connectivity index (χ2n) is 12.6. The molecule has 2 atom stereocenters. The molecule has 2 N–H and O–H groups in total. The molecule has 0 saturated heterocycles. The fourth-order valence-corrected chi connectivity index (χ4v) is 3.30. The average molecular weight is 568 g/mol. The van der Waals surface area contributed by atoms with E-state index in [0.717, 1.165) is 0 Å². The Kier molecular flexibility index (Phi) is 12.4. The maximum Gasteiger partial charge on any atom is 0.513 e. The van der Waals surface area contributed by atoms with Gasteiger partial charge in [-0.25, -0.2) is 9.59 Å². The van der Waals surface area contributed by atoms with E-state index in [1.54, 1.807) is 26.8 Å². The molecular weight excluding hydrogens is 522 g/mol. The number of hydrogen-bond donors (Lipinski definition) is 1. The van der Waals surface area contributed by atoms with Gasteiger partial charge in [-0.2, -0.15) is 0 Å². The first-order valence-corrected chi connectivity index (χ1v) is 13.1. The van der Waals surface area contributed by atoms with E-state index in [0.29, 0.717) is 5.56 Å². The number of benzene rings is 1. The lowest BCUT2D eigenvalue weighted by Gasteiger charge is -2.29. The van der Waals surface area contributed by atoms with E-state index in [-0.39, 0.29) is 54.3 Å². The van der Waals surface area contributed by atoms with Crippen LogP contribution < -0.4 is 15.2 Å². The van der Waals surface area contributed by atoms with Crippen LogP contribution in [0.25, 0.3) is 0 Å². The summed E-state index contributed by atoms with van der Waals surface area (Å²) in [5.41, 5.74) is 4.73. The van der Waals surface area contributed by atoms with Crippen LogP contribution in [0.15, 0.2) is 18.2 Å². The molecule has 0 bridgehead atoms. The molecule has 0 aliphatic rings. The normalized spacial score (nSPS) is 14.0. The van der Waals surface area contributed by atoms with Gasteiger partial charge in [-0.15, -0.1) is 0 Å². The van der Waals surface area contributed by atoms with Crippen molar-refractivity contribution in [1.82, 2.24) is 0 Å². The largest absolute Gasteiger partial charge is 0.513 e. The molecule has 226 valence electrons. The Balaban J connectivity index is 3.28. The zero-order valence-corrected chi connectivity index (χ0v) is 25.4. The lowest BCUT2D eigenvalue weighted by Crippen LogP contribution is -2.53. The van der Waals surface area contributed by atoms with Crippen LogP contribution in [-0.4, -0.2) is 56.2 Å². The molecule has 1 aromatic carbocycles. The first kappa shape index (κ1) is 34.7. The summed E-state index contributed by atoms with van der Waals surface area (Å²) in [5, 5.41) is 0. The summed E-state index contributed by atoms with van der Waals surface area (Å²) < 4.78 is 31.3. The Hall–Kier alpha value is -3.34. The third-order valence-corrected chi connectivity index (χ3v) is 5.19. The van der Waals surface area contributed by atoms with E-state index >= 15 is 0 Å². The topological polar surface area (TPSA) is 150 Å². The fourth-order valence-electron chi connectivity index (χ4n) is 3.30. The molecule has 0 saturated carbocycles.